The van der Waals surface area contributed by atoms with Crippen LogP contribution < -0.4 is 9.46 Å². The fraction of sp³-hybridized carbons (Fsp3) is 0.188. The SMILES string of the molecule is CCc1ccc(OC)c(S(=O)(=O)Nc2cccc(C#N)c2)c1. The van der Waals surface area contributed by atoms with Crippen LogP contribution in [0.1, 0.15) is 18.1 Å². The van der Waals surface area contributed by atoms with Gasteiger partial charge in [0.05, 0.1) is 24.4 Å². The zero-order valence-electron chi connectivity index (χ0n) is 12.3. The Bertz CT molecular complexity index is 824. The van der Waals surface area contributed by atoms with E-state index in [0.717, 1.165) is 12.0 Å². The molecule has 6 heteroatoms. The molecular weight excluding hydrogens is 300 g/mol. The van der Waals surface area contributed by atoms with E-state index in [-0.39, 0.29) is 10.6 Å². The Labute approximate surface area is 130 Å². The summed E-state index contributed by atoms with van der Waals surface area (Å²) in [6, 6.07) is 13.3. The van der Waals surface area contributed by atoms with Gasteiger partial charge >= 0.3 is 0 Å². The van der Waals surface area contributed by atoms with Crippen molar-refractivity contribution >= 4 is 15.7 Å². The minimum Gasteiger partial charge on any atom is -0.495 e. The van der Waals surface area contributed by atoms with E-state index in [2.05, 4.69) is 4.72 Å². The second kappa shape index (κ2) is 6.50. The summed E-state index contributed by atoms with van der Waals surface area (Å²) in [5.74, 6) is 0.279. The highest BCUT2D eigenvalue weighted by molar-refractivity contribution is 7.92. The van der Waals surface area contributed by atoms with Crippen LogP contribution in [0.25, 0.3) is 0 Å². The molecule has 0 radical (unpaired) electrons. The monoisotopic (exact) mass is 316 g/mol. The lowest BCUT2D eigenvalue weighted by molar-refractivity contribution is 0.402. The van der Waals surface area contributed by atoms with E-state index < -0.39 is 10.0 Å². The number of nitriles is 1. The molecule has 0 fully saturated rings. The first kappa shape index (κ1) is 15.9. The minimum atomic E-state index is -3.80. The highest BCUT2D eigenvalue weighted by Crippen LogP contribution is 2.27. The number of ether oxygens (including phenoxy) is 1. The van der Waals surface area contributed by atoms with Crippen LogP contribution >= 0.6 is 0 Å². The van der Waals surface area contributed by atoms with Crippen LogP contribution in [0.2, 0.25) is 0 Å². The third-order valence-corrected chi connectivity index (χ3v) is 4.57. The van der Waals surface area contributed by atoms with Crippen molar-refractivity contribution in [2.75, 3.05) is 11.8 Å². The largest absolute Gasteiger partial charge is 0.495 e. The standard InChI is InChI=1S/C16H16N2O3S/c1-3-12-7-8-15(21-2)16(10-12)22(19,20)18-14-6-4-5-13(9-14)11-17/h4-10,18H,3H2,1-2H3. The van der Waals surface area contributed by atoms with Gasteiger partial charge in [-0.15, -0.1) is 0 Å². The number of anilines is 1. The second-order valence-corrected chi connectivity index (χ2v) is 6.29. The van der Waals surface area contributed by atoms with Crippen molar-refractivity contribution in [1.29, 1.82) is 5.26 Å². The Balaban J connectivity index is 2.44. The third kappa shape index (κ3) is 3.38. The number of hydrogen-bond acceptors (Lipinski definition) is 4. The van der Waals surface area contributed by atoms with Gasteiger partial charge in [-0.25, -0.2) is 8.42 Å². The molecule has 2 aromatic rings. The minimum absolute atomic E-state index is 0.0803. The lowest BCUT2D eigenvalue weighted by Gasteiger charge is -2.13. The number of nitrogens with zero attached hydrogens (tertiary/aromatic N) is 1. The van der Waals surface area contributed by atoms with Crippen molar-refractivity contribution in [2.45, 2.75) is 18.2 Å². The average molecular weight is 316 g/mol. The lowest BCUT2D eigenvalue weighted by Crippen LogP contribution is -2.14. The van der Waals surface area contributed by atoms with Gasteiger partial charge in [0.2, 0.25) is 0 Å². The van der Waals surface area contributed by atoms with Gasteiger partial charge in [-0.3, -0.25) is 4.72 Å². The molecule has 2 aromatic carbocycles. The zero-order chi connectivity index (χ0) is 16.2. The van der Waals surface area contributed by atoms with E-state index in [4.69, 9.17) is 10.00 Å². The van der Waals surface area contributed by atoms with Crippen molar-refractivity contribution < 1.29 is 13.2 Å². The van der Waals surface area contributed by atoms with Crippen LogP contribution in [-0.4, -0.2) is 15.5 Å². The van der Waals surface area contributed by atoms with Gasteiger partial charge in [0, 0.05) is 0 Å². The van der Waals surface area contributed by atoms with Gasteiger partial charge in [0.15, 0.2) is 0 Å². The molecule has 0 aliphatic rings. The fourth-order valence-corrected chi connectivity index (χ4v) is 3.28. The van der Waals surface area contributed by atoms with Gasteiger partial charge in [0.1, 0.15) is 10.6 Å². The van der Waals surface area contributed by atoms with E-state index in [1.807, 2.05) is 19.1 Å². The first-order valence-corrected chi connectivity index (χ1v) is 8.18. The molecule has 0 unspecified atom stereocenters. The molecule has 2 rings (SSSR count). The van der Waals surface area contributed by atoms with E-state index in [9.17, 15) is 8.42 Å². The molecule has 1 N–H and O–H groups in total. The van der Waals surface area contributed by atoms with Crippen LogP contribution in [-0.2, 0) is 16.4 Å². The summed E-state index contributed by atoms with van der Waals surface area (Å²) < 4.78 is 32.8. The highest BCUT2D eigenvalue weighted by Gasteiger charge is 2.20. The summed E-state index contributed by atoms with van der Waals surface area (Å²) in [5.41, 5.74) is 1.62. The topological polar surface area (TPSA) is 79.2 Å². The van der Waals surface area contributed by atoms with Crippen LogP contribution in [0, 0.1) is 11.3 Å². The quantitative estimate of drug-likeness (QED) is 0.920. The molecule has 0 spiro atoms. The van der Waals surface area contributed by atoms with E-state index in [1.54, 1.807) is 30.3 Å². The Morgan fingerprint density at radius 3 is 2.64 bits per heavy atom. The normalized spacial score (nSPS) is 10.8. The number of benzene rings is 2. The third-order valence-electron chi connectivity index (χ3n) is 3.17. The first-order valence-electron chi connectivity index (χ1n) is 6.70. The summed E-state index contributed by atoms with van der Waals surface area (Å²) in [5, 5.41) is 8.88. The van der Waals surface area contributed by atoms with Gasteiger partial charge in [0.25, 0.3) is 10.0 Å². The van der Waals surface area contributed by atoms with Gasteiger partial charge in [-0.1, -0.05) is 19.1 Å². The number of hydrogen-bond donors (Lipinski definition) is 1. The summed E-state index contributed by atoms with van der Waals surface area (Å²) in [6.45, 7) is 1.95. The predicted octanol–water partition coefficient (Wildman–Crippen LogP) is 2.93. The predicted molar refractivity (Wildman–Crippen MR) is 84.3 cm³/mol. The van der Waals surface area contributed by atoms with E-state index in [1.165, 1.54) is 13.2 Å². The number of nitrogens with one attached hydrogen (secondary N) is 1. The number of sulfonamides is 1. The molecule has 0 aromatic heterocycles. The lowest BCUT2D eigenvalue weighted by atomic mass is 10.2. The van der Waals surface area contributed by atoms with Gasteiger partial charge in [-0.2, -0.15) is 5.26 Å². The maximum Gasteiger partial charge on any atom is 0.265 e. The van der Waals surface area contributed by atoms with Crippen LogP contribution in [0.5, 0.6) is 5.75 Å². The fourth-order valence-electron chi connectivity index (χ4n) is 2.01. The smallest absolute Gasteiger partial charge is 0.265 e. The molecule has 114 valence electrons. The zero-order valence-corrected chi connectivity index (χ0v) is 13.1. The molecule has 0 heterocycles. The number of methoxy groups -OCH3 is 1. The Hall–Kier alpha value is -2.52. The Kier molecular flexibility index (Phi) is 4.68. The second-order valence-electron chi connectivity index (χ2n) is 4.64. The summed E-state index contributed by atoms with van der Waals surface area (Å²) in [6.07, 6.45) is 0.719. The molecule has 22 heavy (non-hydrogen) atoms. The highest BCUT2D eigenvalue weighted by atomic mass is 32.2. The van der Waals surface area contributed by atoms with Gasteiger partial charge < -0.3 is 4.74 Å². The van der Waals surface area contributed by atoms with Gasteiger partial charge in [-0.05, 0) is 42.3 Å². The molecule has 0 amide bonds. The van der Waals surface area contributed by atoms with E-state index >= 15 is 0 Å². The molecular formula is C16H16N2O3S. The van der Waals surface area contributed by atoms with Crippen molar-refractivity contribution in [3.63, 3.8) is 0 Å². The van der Waals surface area contributed by atoms with Crippen LogP contribution in [0.15, 0.2) is 47.4 Å². The molecule has 0 aliphatic heterocycles. The Morgan fingerprint density at radius 2 is 2.00 bits per heavy atom. The number of rotatable bonds is 5. The molecule has 0 saturated carbocycles. The molecule has 5 nitrogen and oxygen atoms in total. The summed E-state index contributed by atoms with van der Waals surface area (Å²) in [7, 11) is -2.37. The maximum absolute atomic E-state index is 12.6. The Morgan fingerprint density at radius 1 is 1.23 bits per heavy atom. The number of aryl methyl sites for hydroxylation is 1. The summed E-state index contributed by atoms with van der Waals surface area (Å²) >= 11 is 0. The molecule has 0 aliphatic carbocycles. The van der Waals surface area contributed by atoms with Crippen molar-refractivity contribution in [1.82, 2.24) is 0 Å². The summed E-state index contributed by atoms with van der Waals surface area (Å²) in [4.78, 5) is 0.0803. The molecule has 0 saturated heterocycles. The molecule has 0 atom stereocenters. The van der Waals surface area contributed by atoms with Crippen molar-refractivity contribution in [3.8, 4) is 11.8 Å². The van der Waals surface area contributed by atoms with Crippen LogP contribution in [0.3, 0.4) is 0 Å². The van der Waals surface area contributed by atoms with Crippen molar-refractivity contribution in [3.05, 3.63) is 53.6 Å². The van der Waals surface area contributed by atoms with E-state index in [0.29, 0.717) is 11.3 Å². The first-order chi connectivity index (χ1) is 10.5. The average Bonchev–Trinajstić information content (AvgIpc) is 2.54. The van der Waals surface area contributed by atoms with Crippen molar-refractivity contribution in [2.24, 2.45) is 0 Å². The van der Waals surface area contributed by atoms with Crippen LogP contribution in [0.4, 0.5) is 5.69 Å². The molecule has 0 bridgehead atoms. The maximum atomic E-state index is 12.6.